The molecule has 3 rings (SSSR count). The Labute approximate surface area is 158 Å². The molecule has 0 aromatic heterocycles. The fraction of sp³-hybridized carbons (Fsp3) is 0.526. The number of carbonyl (C=O) groups excluding carboxylic acids is 3. The highest BCUT2D eigenvalue weighted by Crippen LogP contribution is 2.22. The Kier molecular flexibility index (Phi) is 6.08. The van der Waals surface area contributed by atoms with Crippen molar-refractivity contribution in [1.29, 1.82) is 0 Å². The van der Waals surface area contributed by atoms with Crippen molar-refractivity contribution in [2.75, 3.05) is 52.3 Å². The van der Waals surface area contributed by atoms with Crippen LogP contribution in [0.3, 0.4) is 0 Å². The average Bonchev–Trinajstić information content (AvgIpc) is 3.14. The Morgan fingerprint density at radius 2 is 1.89 bits per heavy atom. The molecule has 8 heteroatoms. The fourth-order valence-electron chi connectivity index (χ4n) is 3.77. The average molecular weight is 375 g/mol. The molecule has 0 aliphatic carbocycles. The van der Waals surface area contributed by atoms with E-state index in [1.54, 1.807) is 0 Å². The van der Waals surface area contributed by atoms with E-state index in [4.69, 9.17) is 9.47 Å². The molecule has 8 nitrogen and oxygen atoms in total. The van der Waals surface area contributed by atoms with Gasteiger partial charge in [0, 0.05) is 25.7 Å². The van der Waals surface area contributed by atoms with Crippen LogP contribution >= 0.6 is 0 Å². The predicted octanol–water partition coefficient (Wildman–Crippen LogP) is 0.978. The van der Waals surface area contributed by atoms with Crippen molar-refractivity contribution >= 4 is 23.5 Å². The summed E-state index contributed by atoms with van der Waals surface area (Å²) in [4.78, 5) is 40.9. The Bertz CT molecular complexity index is 736. The number of nitrogens with one attached hydrogen (secondary N) is 1. The van der Waals surface area contributed by atoms with Crippen LogP contribution in [0, 0.1) is 0 Å². The minimum absolute atomic E-state index is 0.194. The Morgan fingerprint density at radius 3 is 2.63 bits per heavy atom. The van der Waals surface area contributed by atoms with Crippen molar-refractivity contribution in [3.63, 3.8) is 0 Å². The lowest BCUT2D eigenvalue weighted by atomic mass is 10.1. The van der Waals surface area contributed by atoms with Crippen LogP contribution in [0.15, 0.2) is 18.2 Å². The van der Waals surface area contributed by atoms with Gasteiger partial charge in [0.2, 0.25) is 5.91 Å². The number of rotatable bonds is 5. The third-order valence-corrected chi connectivity index (χ3v) is 5.16. The molecule has 1 amide bonds. The number of anilines is 1. The summed E-state index contributed by atoms with van der Waals surface area (Å²) >= 11 is 0. The van der Waals surface area contributed by atoms with Gasteiger partial charge < -0.3 is 14.8 Å². The maximum Gasteiger partial charge on any atom is 0.339 e. The van der Waals surface area contributed by atoms with Gasteiger partial charge in [-0.05, 0) is 37.6 Å². The Balaban J connectivity index is 1.69. The van der Waals surface area contributed by atoms with E-state index in [2.05, 4.69) is 15.1 Å². The van der Waals surface area contributed by atoms with Gasteiger partial charge in [0.05, 0.1) is 37.6 Å². The molecule has 1 N–H and O–H groups in total. The molecule has 1 unspecified atom stereocenters. The van der Waals surface area contributed by atoms with Gasteiger partial charge in [-0.1, -0.05) is 0 Å². The third-order valence-electron chi connectivity index (χ3n) is 5.16. The first-order valence-electron chi connectivity index (χ1n) is 9.08. The first-order chi connectivity index (χ1) is 13.0. The number of nitrogens with zero attached hydrogens (tertiary/aromatic N) is 2. The summed E-state index contributed by atoms with van der Waals surface area (Å²) in [6, 6.07) is 4.88. The first kappa shape index (κ1) is 19.3. The van der Waals surface area contributed by atoms with Crippen LogP contribution in [0.5, 0.6) is 0 Å². The molecule has 2 heterocycles. The van der Waals surface area contributed by atoms with E-state index in [-0.39, 0.29) is 29.3 Å². The molecule has 2 fully saturated rings. The van der Waals surface area contributed by atoms with Crippen molar-refractivity contribution < 1.29 is 23.9 Å². The second-order valence-corrected chi connectivity index (χ2v) is 6.86. The minimum atomic E-state index is -0.582. The summed E-state index contributed by atoms with van der Waals surface area (Å²) in [6.45, 7) is 4.08. The van der Waals surface area contributed by atoms with Crippen LogP contribution in [0.1, 0.15) is 33.6 Å². The van der Waals surface area contributed by atoms with E-state index in [0.29, 0.717) is 6.04 Å². The van der Waals surface area contributed by atoms with E-state index in [1.165, 1.54) is 45.3 Å². The van der Waals surface area contributed by atoms with Gasteiger partial charge >= 0.3 is 11.9 Å². The molecule has 0 spiro atoms. The summed E-state index contributed by atoms with van der Waals surface area (Å²) in [5.74, 6) is -1.35. The molecule has 1 atom stereocenters. The van der Waals surface area contributed by atoms with Crippen LogP contribution in [0.4, 0.5) is 5.69 Å². The van der Waals surface area contributed by atoms with E-state index in [1.807, 2.05) is 0 Å². The molecule has 146 valence electrons. The molecular formula is C19H25N3O5. The maximum absolute atomic E-state index is 12.6. The van der Waals surface area contributed by atoms with E-state index in [9.17, 15) is 14.4 Å². The number of hydrogen-bond acceptors (Lipinski definition) is 7. The van der Waals surface area contributed by atoms with Crippen molar-refractivity contribution in [1.82, 2.24) is 9.80 Å². The van der Waals surface area contributed by atoms with E-state index >= 15 is 0 Å². The molecule has 1 aromatic carbocycles. The van der Waals surface area contributed by atoms with Gasteiger partial charge in [-0.15, -0.1) is 0 Å². The van der Waals surface area contributed by atoms with E-state index < -0.39 is 11.9 Å². The summed E-state index contributed by atoms with van der Waals surface area (Å²) in [5, 5.41) is 2.75. The molecule has 2 aliphatic heterocycles. The highest BCUT2D eigenvalue weighted by molar-refractivity contribution is 6.03. The molecule has 0 bridgehead atoms. The smallest absolute Gasteiger partial charge is 0.339 e. The van der Waals surface area contributed by atoms with Crippen LogP contribution in [-0.2, 0) is 14.3 Å². The van der Waals surface area contributed by atoms with Crippen molar-refractivity contribution in [2.24, 2.45) is 0 Å². The zero-order valence-corrected chi connectivity index (χ0v) is 15.7. The lowest BCUT2D eigenvalue weighted by molar-refractivity contribution is -0.117. The predicted molar refractivity (Wildman–Crippen MR) is 98.8 cm³/mol. The number of carbonyl (C=O) groups is 3. The number of piperazine rings is 1. The molecule has 0 radical (unpaired) electrons. The van der Waals surface area contributed by atoms with Gasteiger partial charge in [0.15, 0.2) is 0 Å². The SMILES string of the molecule is COC(=O)c1ccc(C(=O)OC)c(NC(=O)CN2CCN3CCCC3C2)c1. The molecule has 27 heavy (non-hydrogen) atoms. The highest BCUT2D eigenvalue weighted by Gasteiger charge is 2.31. The van der Waals surface area contributed by atoms with Gasteiger partial charge in [-0.25, -0.2) is 9.59 Å². The first-order valence-corrected chi connectivity index (χ1v) is 9.08. The fourth-order valence-corrected chi connectivity index (χ4v) is 3.77. The minimum Gasteiger partial charge on any atom is -0.465 e. The summed E-state index contributed by atoms with van der Waals surface area (Å²) in [6.07, 6.45) is 2.39. The largest absolute Gasteiger partial charge is 0.465 e. The van der Waals surface area contributed by atoms with Gasteiger partial charge in [-0.3, -0.25) is 14.6 Å². The zero-order chi connectivity index (χ0) is 19.4. The molecule has 0 saturated carbocycles. The van der Waals surface area contributed by atoms with Gasteiger partial charge in [-0.2, -0.15) is 0 Å². The quantitative estimate of drug-likeness (QED) is 0.768. The Hall–Kier alpha value is -2.45. The number of esters is 2. The third kappa shape index (κ3) is 4.45. The maximum atomic E-state index is 12.6. The normalized spacial score (nSPS) is 20.0. The molecule has 1 aromatic rings. The Morgan fingerprint density at radius 1 is 1.11 bits per heavy atom. The van der Waals surface area contributed by atoms with Crippen LogP contribution in [0.2, 0.25) is 0 Å². The summed E-state index contributed by atoms with van der Waals surface area (Å²) in [5.41, 5.74) is 0.688. The van der Waals surface area contributed by atoms with Crippen LogP contribution < -0.4 is 5.32 Å². The zero-order valence-electron chi connectivity index (χ0n) is 15.7. The van der Waals surface area contributed by atoms with Crippen molar-refractivity contribution in [3.05, 3.63) is 29.3 Å². The lowest BCUT2D eigenvalue weighted by Crippen LogP contribution is -2.51. The van der Waals surface area contributed by atoms with E-state index in [0.717, 1.165) is 26.2 Å². The summed E-state index contributed by atoms with van der Waals surface area (Å²) in [7, 11) is 2.54. The van der Waals surface area contributed by atoms with Crippen LogP contribution in [0.25, 0.3) is 0 Å². The molecule has 2 aliphatic rings. The summed E-state index contributed by atoms with van der Waals surface area (Å²) < 4.78 is 9.46. The molecule has 2 saturated heterocycles. The number of amides is 1. The molecular weight excluding hydrogens is 350 g/mol. The topological polar surface area (TPSA) is 88.2 Å². The number of methoxy groups -OCH3 is 2. The number of fused-ring (bicyclic) bond motifs is 1. The number of hydrogen-bond donors (Lipinski definition) is 1. The van der Waals surface area contributed by atoms with Crippen molar-refractivity contribution in [3.8, 4) is 0 Å². The van der Waals surface area contributed by atoms with Gasteiger partial charge in [0.25, 0.3) is 0 Å². The van der Waals surface area contributed by atoms with Gasteiger partial charge in [0.1, 0.15) is 0 Å². The number of benzene rings is 1. The number of ether oxygens (including phenoxy) is 2. The lowest BCUT2D eigenvalue weighted by Gasteiger charge is -2.37. The monoisotopic (exact) mass is 375 g/mol. The van der Waals surface area contributed by atoms with Crippen LogP contribution in [-0.4, -0.2) is 80.6 Å². The second-order valence-electron chi connectivity index (χ2n) is 6.86. The van der Waals surface area contributed by atoms with Crippen molar-refractivity contribution in [2.45, 2.75) is 18.9 Å². The highest BCUT2D eigenvalue weighted by atomic mass is 16.5. The standard InChI is InChI=1S/C19H25N3O5/c1-26-18(24)13-5-6-15(19(25)27-2)16(10-13)20-17(23)12-21-8-9-22-7-3-4-14(22)11-21/h5-6,10,14H,3-4,7-9,11-12H2,1-2H3,(H,20,23). The second kappa shape index (κ2) is 8.49.